The zero-order valence-electron chi connectivity index (χ0n) is 10.7. The minimum atomic E-state index is -0.812. The molecule has 0 unspecified atom stereocenters. The van der Waals surface area contributed by atoms with Gasteiger partial charge in [0.2, 0.25) is 0 Å². The van der Waals surface area contributed by atoms with E-state index in [-0.39, 0.29) is 12.6 Å². The molecule has 6 nitrogen and oxygen atoms in total. The molecule has 18 heavy (non-hydrogen) atoms. The number of amides is 2. The normalized spacial score (nSPS) is 17.3. The van der Waals surface area contributed by atoms with Gasteiger partial charge in [0.1, 0.15) is 0 Å². The summed E-state index contributed by atoms with van der Waals surface area (Å²) in [6.07, 6.45) is 2.82. The van der Waals surface area contributed by atoms with Gasteiger partial charge in [-0.3, -0.25) is 9.69 Å². The maximum atomic E-state index is 11.8. The third-order valence-corrected chi connectivity index (χ3v) is 3.43. The predicted octanol–water partition coefficient (Wildman–Crippen LogP) is 0.151. The minimum Gasteiger partial charge on any atom is -0.480 e. The highest BCUT2D eigenvalue weighted by Crippen LogP contribution is 2.03. The zero-order valence-corrected chi connectivity index (χ0v) is 11.5. The highest BCUT2D eigenvalue weighted by atomic mass is 32.2. The number of urea groups is 1. The third-order valence-electron chi connectivity index (χ3n) is 2.82. The number of nitrogens with zero attached hydrogens (tertiary/aromatic N) is 2. The molecule has 1 fully saturated rings. The molecular formula is C11H21N3O3S. The van der Waals surface area contributed by atoms with Crippen LogP contribution in [0.15, 0.2) is 0 Å². The van der Waals surface area contributed by atoms with E-state index in [4.69, 9.17) is 5.11 Å². The number of carbonyl (C=O) groups is 2. The van der Waals surface area contributed by atoms with Crippen LogP contribution in [0.25, 0.3) is 0 Å². The fourth-order valence-electron chi connectivity index (χ4n) is 1.90. The number of carboxylic acid groups (broad SMARTS) is 1. The zero-order chi connectivity index (χ0) is 13.4. The monoisotopic (exact) mass is 275 g/mol. The maximum Gasteiger partial charge on any atom is 0.317 e. The number of hydrogen-bond donors (Lipinski definition) is 2. The molecule has 104 valence electrons. The van der Waals surface area contributed by atoms with Crippen LogP contribution in [0.5, 0.6) is 0 Å². The van der Waals surface area contributed by atoms with Crippen LogP contribution in [0.1, 0.15) is 6.42 Å². The number of thioether (sulfide) groups is 1. The van der Waals surface area contributed by atoms with Crippen molar-refractivity contribution < 1.29 is 14.7 Å². The van der Waals surface area contributed by atoms with Gasteiger partial charge in [-0.2, -0.15) is 11.8 Å². The molecule has 2 N–H and O–H groups in total. The van der Waals surface area contributed by atoms with Crippen LogP contribution >= 0.6 is 11.8 Å². The molecule has 1 heterocycles. The number of carboxylic acids is 1. The summed E-state index contributed by atoms with van der Waals surface area (Å²) in [5, 5.41) is 11.6. The highest BCUT2D eigenvalue weighted by molar-refractivity contribution is 7.98. The maximum absolute atomic E-state index is 11.8. The first-order chi connectivity index (χ1) is 8.63. The van der Waals surface area contributed by atoms with Crippen molar-refractivity contribution >= 4 is 23.8 Å². The topological polar surface area (TPSA) is 72.9 Å². The number of aliphatic carboxylic acids is 1. The van der Waals surface area contributed by atoms with Crippen molar-refractivity contribution in [3.05, 3.63) is 0 Å². The molecule has 1 saturated heterocycles. The predicted molar refractivity (Wildman–Crippen MR) is 72.0 cm³/mol. The van der Waals surface area contributed by atoms with Crippen molar-refractivity contribution in [3.63, 3.8) is 0 Å². The number of rotatable bonds is 5. The molecule has 0 aromatic rings. The van der Waals surface area contributed by atoms with E-state index in [1.807, 2.05) is 11.2 Å². The van der Waals surface area contributed by atoms with Crippen LogP contribution < -0.4 is 5.32 Å². The van der Waals surface area contributed by atoms with Crippen molar-refractivity contribution in [2.45, 2.75) is 6.42 Å². The Labute approximate surface area is 112 Å². The lowest BCUT2D eigenvalue weighted by Gasteiger charge is -2.21. The third kappa shape index (κ3) is 5.59. The van der Waals surface area contributed by atoms with E-state index in [9.17, 15) is 9.59 Å². The van der Waals surface area contributed by atoms with Crippen LogP contribution in [-0.4, -0.2) is 78.2 Å². The number of nitrogens with one attached hydrogen (secondary N) is 1. The molecular weight excluding hydrogens is 254 g/mol. The minimum absolute atomic E-state index is 0.0405. The van der Waals surface area contributed by atoms with Gasteiger partial charge < -0.3 is 15.3 Å². The molecule has 1 rings (SSSR count). The molecule has 2 amide bonds. The molecule has 7 heteroatoms. The van der Waals surface area contributed by atoms with Gasteiger partial charge in [0.25, 0.3) is 0 Å². The summed E-state index contributed by atoms with van der Waals surface area (Å²) in [6, 6.07) is -0.0405. The van der Waals surface area contributed by atoms with E-state index < -0.39 is 5.97 Å². The summed E-state index contributed by atoms with van der Waals surface area (Å²) in [5.41, 5.74) is 0. The Morgan fingerprint density at radius 2 is 2.06 bits per heavy atom. The van der Waals surface area contributed by atoms with Gasteiger partial charge in [-0.1, -0.05) is 0 Å². The molecule has 0 atom stereocenters. The molecule has 1 aliphatic heterocycles. The lowest BCUT2D eigenvalue weighted by atomic mass is 10.4. The molecule has 0 aromatic carbocycles. The fraction of sp³-hybridized carbons (Fsp3) is 0.818. The van der Waals surface area contributed by atoms with Crippen molar-refractivity contribution in [2.75, 3.05) is 51.3 Å². The Balaban J connectivity index is 2.32. The summed E-state index contributed by atoms with van der Waals surface area (Å²) in [7, 11) is 0. The first-order valence-corrected chi connectivity index (χ1v) is 7.48. The average molecular weight is 275 g/mol. The summed E-state index contributed by atoms with van der Waals surface area (Å²) < 4.78 is 0. The van der Waals surface area contributed by atoms with Gasteiger partial charge >= 0.3 is 12.0 Å². The smallest absolute Gasteiger partial charge is 0.317 e. The van der Waals surface area contributed by atoms with Gasteiger partial charge in [0, 0.05) is 38.5 Å². The molecule has 0 spiro atoms. The van der Waals surface area contributed by atoms with E-state index in [1.165, 1.54) is 0 Å². The van der Waals surface area contributed by atoms with Crippen molar-refractivity contribution in [1.82, 2.24) is 15.1 Å². The molecule has 0 bridgehead atoms. The molecule has 0 saturated carbocycles. The van der Waals surface area contributed by atoms with Gasteiger partial charge in [0.15, 0.2) is 0 Å². The summed E-state index contributed by atoms with van der Waals surface area (Å²) >= 11 is 1.69. The standard InChI is InChI=1S/C11H21N3O3S/c1-18-8-3-12-11(17)14-5-2-4-13(6-7-14)9-10(15)16/h2-9H2,1H3,(H,12,17)(H,15,16). The van der Waals surface area contributed by atoms with E-state index >= 15 is 0 Å². The van der Waals surface area contributed by atoms with Crippen LogP contribution in [0.4, 0.5) is 4.79 Å². The van der Waals surface area contributed by atoms with Gasteiger partial charge in [-0.25, -0.2) is 4.79 Å². The average Bonchev–Trinajstić information content (AvgIpc) is 2.54. The van der Waals surface area contributed by atoms with E-state index in [0.717, 1.165) is 18.7 Å². The molecule has 0 radical (unpaired) electrons. The summed E-state index contributed by atoms with van der Waals surface area (Å²) in [6.45, 7) is 3.39. The Hall–Kier alpha value is -0.950. The van der Waals surface area contributed by atoms with Crippen molar-refractivity contribution in [3.8, 4) is 0 Å². The quantitative estimate of drug-likeness (QED) is 0.699. The van der Waals surface area contributed by atoms with E-state index in [0.29, 0.717) is 26.2 Å². The first-order valence-electron chi connectivity index (χ1n) is 6.09. The Bertz CT molecular complexity index is 289. The number of hydrogen-bond acceptors (Lipinski definition) is 4. The summed E-state index contributed by atoms with van der Waals surface area (Å²) in [5.74, 6) is 0.0953. The lowest BCUT2D eigenvalue weighted by molar-refractivity contribution is -0.138. The molecule has 1 aliphatic rings. The van der Waals surface area contributed by atoms with Crippen LogP contribution in [0, 0.1) is 0 Å². The Kier molecular flexibility index (Phi) is 6.89. The largest absolute Gasteiger partial charge is 0.480 e. The number of carbonyl (C=O) groups excluding carboxylic acids is 1. The van der Waals surface area contributed by atoms with E-state index in [2.05, 4.69) is 5.32 Å². The van der Waals surface area contributed by atoms with Crippen molar-refractivity contribution in [2.24, 2.45) is 0 Å². The Morgan fingerprint density at radius 1 is 1.28 bits per heavy atom. The van der Waals surface area contributed by atoms with E-state index in [1.54, 1.807) is 16.7 Å². The van der Waals surface area contributed by atoms with Gasteiger partial charge in [-0.15, -0.1) is 0 Å². The Morgan fingerprint density at radius 3 is 2.72 bits per heavy atom. The SMILES string of the molecule is CSCCNC(=O)N1CCCN(CC(=O)O)CC1. The highest BCUT2D eigenvalue weighted by Gasteiger charge is 2.19. The second-order valence-corrected chi connectivity index (χ2v) is 5.22. The lowest BCUT2D eigenvalue weighted by Crippen LogP contribution is -2.43. The molecule has 0 aromatic heterocycles. The second-order valence-electron chi connectivity index (χ2n) is 4.24. The van der Waals surface area contributed by atoms with Crippen LogP contribution in [0.3, 0.4) is 0 Å². The van der Waals surface area contributed by atoms with Crippen LogP contribution in [-0.2, 0) is 4.79 Å². The summed E-state index contributed by atoms with van der Waals surface area (Å²) in [4.78, 5) is 26.1. The van der Waals surface area contributed by atoms with Gasteiger partial charge in [-0.05, 0) is 12.7 Å². The second kappa shape index (κ2) is 8.20. The van der Waals surface area contributed by atoms with Gasteiger partial charge in [0.05, 0.1) is 6.54 Å². The fourth-order valence-corrected chi connectivity index (χ4v) is 2.20. The first kappa shape index (κ1) is 15.1. The van der Waals surface area contributed by atoms with Crippen LogP contribution in [0.2, 0.25) is 0 Å². The molecule has 0 aliphatic carbocycles. The van der Waals surface area contributed by atoms with Crippen molar-refractivity contribution in [1.29, 1.82) is 0 Å².